The van der Waals surface area contributed by atoms with Gasteiger partial charge in [-0.1, -0.05) is 6.92 Å². The average molecular weight is 296 g/mol. The second-order valence-corrected chi connectivity index (χ2v) is 6.07. The Morgan fingerprint density at radius 1 is 1.50 bits per heavy atom. The van der Waals surface area contributed by atoms with Crippen molar-refractivity contribution in [1.29, 1.82) is 0 Å². The van der Waals surface area contributed by atoms with Crippen molar-refractivity contribution >= 4 is 23.2 Å². The van der Waals surface area contributed by atoms with E-state index in [1.165, 1.54) is 12.0 Å². The number of carbonyl (C=O) groups excluding carboxylic acids is 2. The van der Waals surface area contributed by atoms with Crippen LogP contribution < -0.4 is 5.32 Å². The van der Waals surface area contributed by atoms with Gasteiger partial charge in [0, 0.05) is 24.0 Å². The molecule has 1 atom stereocenters. The summed E-state index contributed by atoms with van der Waals surface area (Å²) < 4.78 is 4.58. The second kappa shape index (κ2) is 6.85. The molecule has 6 heteroatoms. The Kier molecular flexibility index (Phi) is 5.14. The van der Waals surface area contributed by atoms with E-state index in [-0.39, 0.29) is 11.8 Å². The summed E-state index contributed by atoms with van der Waals surface area (Å²) in [5, 5.41) is 2.77. The van der Waals surface area contributed by atoms with Gasteiger partial charge in [-0.25, -0.2) is 4.79 Å². The number of hydrogen-bond acceptors (Lipinski definition) is 5. The van der Waals surface area contributed by atoms with Gasteiger partial charge in [0.2, 0.25) is 0 Å². The Hall–Kier alpha value is -1.40. The SMILES string of the molecule is CCc1ccc(C(=O)CN2CCC(NC(=O)OC)C2)s1. The van der Waals surface area contributed by atoms with E-state index in [2.05, 4.69) is 21.9 Å². The topological polar surface area (TPSA) is 58.6 Å². The minimum absolute atomic E-state index is 0.0739. The van der Waals surface area contributed by atoms with Gasteiger partial charge in [0.05, 0.1) is 18.5 Å². The number of rotatable bonds is 5. The van der Waals surface area contributed by atoms with Crippen LogP contribution in [0.25, 0.3) is 0 Å². The van der Waals surface area contributed by atoms with Crippen molar-refractivity contribution in [2.75, 3.05) is 26.7 Å². The number of ketones is 1. The minimum Gasteiger partial charge on any atom is -0.453 e. The summed E-state index contributed by atoms with van der Waals surface area (Å²) in [6, 6.07) is 4.00. The molecular weight excluding hydrogens is 276 g/mol. The predicted molar refractivity (Wildman–Crippen MR) is 78.4 cm³/mol. The summed E-state index contributed by atoms with van der Waals surface area (Å²) in [4.78, 5) is 27.4. The lowest BCUT2D eigenvalue weighted by molar-refractivity contribution is 0.0948. The molecule has 5 nitrogen and oxygen atoms in total. The summed E-state index contributed by atoms with van der Waals surface area (Å²) in [6.07, 6.45) is 1.41. The van der Waals surface area contributed by atoms with Gasteiger partial charge in [0.25, 0.3) is 0 Å². The highest BCUT2D eigenvalue weighted by atomic mass is 32.1. The van der Waals surface area contributed by atoms with Crippen LogP contribution >= 0.6 is 11.3 Å². The zero-order chi connectivity index (χ0) is 14.5. The van der Waals surface area contributed by atoms with Crippen LogP contribution in [0.5, 0.6) is 0 Å². The third-order valence-electron chi connectivity index (χ3n) is 3.43. The van der Waals surface area contributed by atoms with Crippen molar-refractivity contribution in [3.8, 4) is 0 Å². The van der Waals surface area contributed by atoms with Crippen molar-refractivity contribution in [2.24, 2.45) is 0 Å². The maximum absolute atomic E-state index is 12.2. The molecule has 1 amide bonds. The van der Waals surface area contributed by atoms with Gasteiger partial charge in [-0.05, 0) is 25.0 Å². The first-order chi connectivity index (χ1) is 9.62. The summed E-state index contributed by atoms with van der Waals surface area (Å²) in [6.45, 7) is 4.03. The number of thiophene rings is 1. The average Bonchev–Trinajstić information content (AvgIpc) is 3.07. The minimum atomic E-state index is -0.408. The molecule has 0 radical (unpaired) electrons. The van der Waals surface area contributed by atoms with E-state index in [4.69, 9.17) is 0 Å². The standard InChI is InChI=1S/C14H20N2O3S/c1-3-11-4-5-13(20-11)12(17)9-16-7-6-10(8-16)15-14(18)19-2/h4-5,10H,3,6-9H2,1-2H3,(H,15,18). The quantitative estimate of drug-likeness (QED) is 0.843. The number of hydrogen-bond donors (Lipinski definition) is 1. The van der Waals surface area contributed by atoms with E-state index in [0.29, 0.717) is 13.1 Å². The normalized spacial score (nSPS) is 19.0. The lowest BCUT2D eigenvalue weighted by atomic mass is 10.3. The van der Waals surface area contributed by atoms with E-state index >= 15 is 0 Å². The zero-order valence-corrected chi connectivity index (χ0v) is 12.7. The van der Waals surface area contributed by atoms with Gasteiger partial charge in [0.15, 0.2) is 5.78 Å². The number of amides is 1. The van der Waals surface area contributed by atoms with Crippen molar-refractivity contribution in [3.05, 3.63) is 21.9 Å². The fourth-order valence-corrected chi connectivity index (χ4v) is 3.20. The molecule has 2 rings (SSSR count). The number of carbonyl (C=O) groups is 2. The number of Topliss-reactive ketones (excluding diaryl/α,β-unsaturated/α-hetero) is 1. The second-order valence-electron chi connectivity index (χ2n) is 4.90. The molecule has 1 aliphatic heterocycles. The summed E-state index contributed by atoms with van der Waals surface area (Å²) in [5.41, 5.74) is 0. The zero-order valence-electron chi connectivity index (χ0n) is 11.8. The Morgan fingerprint density at radius 3 is 2.95 bits per heavy atom. The Balaban J connectivity index is 1.82. The maximum atomic E-state index is 12.2. The first-order valence-electron chi connectivity index (χ1n) is 6.81. The molecule has 0 aliphatic carbocycles. The highest BCUT2D eigenvalue weighted by Crippen LogP contribution is 2.19. The molecule has 1 unspecified atom stereocenters. The highest BCUT2D eigenvalue weighted by molar-refractivity contribution is 7.14. The van der Waals surface area contributed by atoms with Gasteiger partial charge < -0.3 is 10.1 Å². The number of likely N-dealkylation sites (tertiary alicyclic amines) is 1. The molecule has 1 fully saturated rings. The number of methoxy groups -OCH3 is 1. The van der Waals surface area contributed by atoms with E-state index in [9.17, 15) is 9.59 Å². The van der Waals surface area contributed by atoms with Crippen molar-refractivity contribution in [1.82, 2.24) is 10.2 Å². The smallest absolute Gasteiger partial charge is 0.407 e. The monoisotopic (exact) mass is 296 g/mol. The highest BCUT2D eigenvalue weighted by Gasteiger charge is 2.26. The van der Waals surface area contributed by atoms with Crippen LogP contribution in [0.1, 0.15) is 27.9 Å². The third-order valence-corrected chi connectivity index (χ3v) is 4.70. The van der Waals surface area contributed by atoms with Crippen LogP contribution in [0.2, 0.25) is 0 Å². The molecule has 1 aliphatic rings. The molecule has 1 aromatic rings. The first kappa shape index (κ1) is 15.0. The van der Waals surface area contributed by atoms with E-state index in [1.807, 2.05) is 12.1 Å². The van der Waals surface area contributed by atoms with E-state index < -0.39 is 6.09 Å². The Labute approximate surface area is 122 Å². The largest absolute Gasteiger partial charge is 0.453 e. The fraction of sp³-hybridized carbons (Fsp3) is 0.571. The molecule has 1 aromatic heterocycles. The van der Waals surface area contributed by atoms with Crippen LogP contribution in [0.4, 0.5) is 4.79 Å². The Bertz CT molecular complexity index is 487. The van der Waals surface area contributed by atoms with Gasteiger partial charge in [0.1, 0.15) is 0 Å². The summed E-state index contributed by atoms with van der Waals surface area (Å²) in [7, 11) is 1.35. The number of aryl methyl sites for hydroxylation is 1. The predicted octanol–water partition coefficient (Wildman–Crippen LogP) is 1.92. The number of alkyl carbamates (subject to hydrolysis) is 1. The van der Waals surface area contributed by atoms with Gasteiger partial charge in [-0.2, -0.15) is 0 Å². The lowest BCUT2D eigenvalue weighted by Gasteiger charge is -2.15. The van der Waals surface area contributed by atoms with Crippen LogP contribution in [0.3, 0.4) is 0 Å². The third kappa shape index (κ3) is 3.80. The summed E-state index contributed by atoms with van der Waals surface area (Å²) in [5.74, 6) is 0.161. The molecule has 20 heavy (non-hydrogen) atoms. The Morgan fingerprint density at radius 2 is 2.30 bits per heavy atom. The number of nitrogens with one attached hydrogen (secondary N) is 1. The molecule has 0 aromatic carbocycles. The number of nitrogens with zero attached hydrogens (tertiary/aromatic N) is 1. The molecule has 1 saturated heterocycles. The van der Waals surface area contributed by atoms with Crippen LogP contribution in [-0.4, -0.2) is 49.6 Å². The van der Waals surface area contributed by atoms with E-state index in [1.54, 1.807) is 11.3 Å². The van der Waals surface area contributed by atoms with Crippen molar-refractivity contribution < 1.29 is 14.3 Å². The van der Waals surface area contributed by atoms with Crippen LogP contribution in [-0.2, 0) is 11.2 Å². The van der Waals surface area contributed by atoms with Gasteiger partial charge >= 0.3 is 6.09 Å². The summed E-state index contributed by atoms with van der Waals surface area (Å²) >= 11 is 1.57. The molecule has 110 valence electrons. The lowest BCUT2D eigenvalue weighted by Crippen LogP contribution is -2.37. The molecule has 2 heterocycles. The van der Waals surface area contributed by atoms with Gasteiger partial charge in [-0.15, -0.1) is 11.3 Å². The van der Waals surface area contributed by atoms with Crippen molar-refractivity contribution in [3.63, 3.8) is 0 Å². The maximum Gasteiger partial charge on any atom is 0.407 e. The van der Waals surface area contributed by atoms with E-state index in [0.717, 1.165) is 24.3 Å². The van der Waals surface area contributed by atoms with Crippen LogP contribution in [0.15, 0.2) is 12.1 Å². The molecular formula is C14H20N2O3S. The van der Waals surface area contributed by atoms with Crippen molar-refractivity contribution in [2.45, 2.75) is 25.8 Å². The first-order valence-corrected chi connectivity index (χ1v) is 7.62. The molecule has 0 spiro atoms. The number of ether oxygens (including phenoxy) is 1. The molecule has 0 bridgehead atoms. The van der Waals surface area contributed by atoms with Crippen LogP contribution in [0, 0.1) is 0 Å². The fourth-order valence-electron chi connectivity index (χ4n) is 2.32. The molecule has 1 N–H and O–H groups in total. The molecule has 0 saturated carbocycles. The van der Waals surface area contributed by atoms with Gasteiger partial charge in [-0.3, -0.25) is 9.69 Å².